The zero-order valence-electron chi connectivity index (χ0n) is 32.5. The Hall–Kier alpha value is -5.14. The van der Waals surface area contributed by atoms with E-state index in [1.807, 2.05) is 64.2 Å². The summed E-state index contributed by atoms with van der Waals surface area (Å²) in [6.07, 6.45) is 1.72. The summed E-state index contributed by atoms with van der Waals surface area (Å²) in [5, 5.41) is 14.9. The summed E-state index contributed by atoms with van der Waals surface area (Å²) in [5.74, 6) is -2.50. The number of halogens is 2. The Kier molecular flexibility index (Phi) is 13.7. The van der Waals surface area contributed by atoms with E-state index >= 15 is 4.79 Å². The molecule has 0 saturated carbocycles. The molecule has 4 atom stereocenters. The fourth-order valence-corrected chi connectivity index (χ4v) is 7.78. The predicted octanol–water partition coefficient (Wildman–Crippen LogP) is 10.5. The van der Waals surface area contributed by atoms with Gasteiger partial charge in [-0.15, -0.1) is 0 Å². The summed E-state index contributed by atoms with van der Waals surface area (Å²) in [4.78, 5) is 52.8. The van der Waals surface area contributed by atoms with Gasteiger partial charge in [0.05, 0.1) is 29.6 Å². The highest BCUT2D eigenvalue weighted by Gasteiger charge is 2.46. The zero-order valence-corrected chi connectivity index (χ0v) is 33.5. The van der Waals surface area contributed by atoms with Gasteiger partial charge in [-0.05, 0) is 103 Å². The lowest BCUT2D eigenvalue weighted by Crippen LogP contribution is -2.42. The van der Waals surface area contributed by atoms with Crippen LogP contribution in [-0.4, -0.2) is 48.2 Å². The highest BCUT2D eigenvalue weighted by atomic mass is 28.4. The third kappa shape index (κ3) is 10.2. The molecule has 2 amide bonds. The number of non-ortho nitro benzene ring substituents is 1. The van der Waals surface area contributed by atoms with Crippen LogP contribution in [-0.2, 0) is 9.53 Å². The van der Waals surface area contributed by atoms with E-state index in [1.54, 1.807) is 18.2 Å². The number of nitrogens with zero attached hydrogens (tertiary/aromatic N) is 2. The van der Waals surface area contributed by atoms with E-state index < -0.39 is 59.9 Å². The SMILES string of the molecule is CCCCOc1cc([N+](=O)[O-])ccc1[C@@H](Nc1ccc(F)cc1)[C@@H](CC[C@H](CC(C)(C)[Si](C)(C)O)c1ccc(F)cc1)C(=O)N1C(=O)OC[C@@H]1c1ccccc1. The van der Waals surface area contributed by atoms with Crippen molar-refractivity contribution in [3.8, 4) is 5.75 Å². The molecule has 0 aliphatic carbocycles. The van der Waals surface area contributed by atoms with E-state index in [0.29, 0.717) is 36.1 Å². The van der Waals surface area contributed by atoms with Crippen molar-refractivity contribution >= 4 is 31.7 Å². The smallest absolute Gasteiger partial charge is 0.417 e. The Morgan fingerprint density at radius 2 is 1.66 bits per heavy atom. The van der Waals surface area contributed by atoms with Gasteiger partial charge in [-0.1, -0.05) is 69.7 Å². The number of carbonyl (C=O) groups is 2. The third-order valence-electron chi connectivity index (χ3n) is 11.1. The van der Waals surface area contributed by atoms with E-state index in [2.05, 4.69) is 5.32 Å². The second kappa shape index (κ2) is 18.2. The molecule has 5 rings (SSSR count). The van der Waals surface area contributed by atoms with Crippen molar-refractivity contribution in [2.75, 3.05) is 18.5 Å². The van der Waals surface area contributed by atoms with Gasteiger partial charge >= 0.3 is 6.09 Å². The Labute approximate surface area is 328 Å². The highest BCUT2D eigenvalue weighted by molar-refractivity contribution is 6.72. The lowest BCUT2D eigenvalue weighted by molar-refractivity contribution is -0.385. The Morgan fingerprint density at radius 3 is 2.27 bits per heavy atom. The molecule has 56 heavy (non-hydrogen) atoms. The highest BCUT2D eigenvalue weighted by Crippen LogP contribution is 2.47. The first-order valence-corrected chi connectivity index (χ1v) is 22.0. The number of ether oxygens (including phenoxy) is 2. The number of nitro benzene ring substituents is 1. The van der Waals surface area contributed by atoms with Crippen molar-refractivity contribution in [3.63, 3.8) is 0 Å². The summed E-state index contributed by atoms with van der Waals surface area (Å²) in [6.45, 7) is 9.97. The van der Waals surface area contributed by atoms with Crippen molar-refractivity contribution in [1.29, 1.82) is 0 Å². The van der Waals surface area contributed by atoms with E-state index in [-0.39, 0.29) is 37.0 Å². The van der Waals surface area contributed by atoms with Crippen molar-refractivity contribution in [3.05, 3.63) is 136 Å². The van der Waals surface area contributed by atoms with Gasteiger partial charge in [-0.25, -0.2) is 18.5 Å². The molecule has 2 N–H and O–H groups in total. The van der Waals surface area contributed by atoms with Gasteiger partial charge < -0.3 is 19.6 Å². The number of carbonyl (C=O) groups excluding carboxylic acids is 2. The molecule has 298 valence electrons. The quantitative estimate of drug-likeness (QED) is 0.0441. The topological polar surface area (TPSA) is 131 Å². The van der Waals surface area contributed by atoms with Gasteiger partial charge in [0.2, 0.25) is 5.91 Å². The summed E-state index contributed by atoms with van der Waals surface area (Å²) in [7, 11) is -2.74. The molecule has 1 fully saturated rings. The molecule has 1 aliphatic heterocycles. The number of cyclic esters (lactones) is 1. The molecular weight excluding hydrogens is 737 g/mol. The standard InChI is InChI=1S/C43H51F2N3O7Si/c1-6-7-25-54-39-26-35(48(51)52)22-24-36(39)40(46-34-20-18-33(45)19-21-34)37(41(49)47-38(28-55-42(47)50)30-11-9-8-10-12-30)23-15-31(27-43(2,3)56(4,5)53)29-13-16-32(44)17-14-29/h8-14,16-22,24,26,31,37-38,40,46,53H,6-7,15,23,25,27-28H2,1-5H3/t31-,37-,38-,40-/m1/s1. The van der Waals surface area contributed by atoms with Crippen molar-refractivity contribution in [1.82, 2.24) is 4.90 Å². The molecule has 4 aromatic rings. The summed E-state index contributed by atoms with van der Waals surface area (Å²) in [5.41, 5.74) is 2.22. The molecule has 13 heteroatoms. The molecule has 1 aliphatic rings. The lowest BCUT2D eigenvalue weighted by atomic mass is 9.80. The largest absolute Gasteiger partial charge is 0.493 e. The van der Waals surface area contributed by atoms with E-state index in [9.17, 15) is 28.5 Å². The average Bonchev–Trinajstić information content (AvgIpc) is 3.56. The van der Waals surface area contributed by atoms with Crippen LogP contribution in [0.5, 0.6) is 5.75 Å². The molecule has 0 unspecified atom stereocenters. The second-order valence-corrected chi connectivity index (χ2v) is 20.1. The molecule has 1 heterocycles. The predicted molar refractivity (Wildman–Crippen MR) is 214 cm³/mol. The van der Waals surface area contributed by atoms with Crippen LogP contribution in [0.3, 0.4) is 0 Å². The molecule has 0 aromatic heterocycles. The minimum Gasteiger partial charge on any atom is -0.493 e. The number of rotatable bonds is 18. The lowest BCUT2D eigenvalue weighted by Gasteiger charge is -2.39. The van der Waals surface area contributed by atoms with Gasteiger partial charge in [0.1, 0.15) is 30.0 Å². The van der Waals surface area contributed by atoms with Crippen LogP contribution in [0.2, 0.25) is 18.1 Å². The first-order valence-electron chi connectivity index (χ1n) is 19.1. The van der Waals surface area contributed by atoms with Crippen LogP contribution in [0.4, 0.5) is 25.0 Å². The number of unbranched alkanes of at least 4 members (excludes halogenated alkanes) is 1. The van der Waals surface area contributed by atoms with Crippen LogP contribution in [0.1, 0.15) is 87.6 Å². The Balaban J connectivity index is 1.68. The van der Waals surface area contributed by atoms with E-state index in [4.69, 9.17) is 9.47 Å². The average molecular weight is 788 g/mol. The van der Waals surface area contributed by atoms with Gasteiger partial charge in [0.25, 0.3) is 5.69 Å². The number of anilines is 1. The number of nitro groups is 1. The molecular formula is C43H51F2N3O7Si. The van der Waals surface area contributed by atoms with Crippen LogP contribution in [0.25, 0.3) is 0 Å². The first kappa shape index (κ1) is 42.0. The molecule has 10 nitrogen and oxygen atoms in total. The maximum absolute atomic E-state index is 15.3. The van der Waals surface area contributed by atoms with Gasteiger partial charge in [-0.3, -0.25) is 14.9 Å². The molecule has 0 bridgehead atoms. The molecule has 0 spiro atoms. The number of hydrogen-bond acceptors (Lipinski definition) is 8. The number of imide groups is 1. The van der Waals surface area contributed by atoms with Crippen molar-refractivity contribution in [2.24, 2.45) is 5.92 Å². The van der Waals surface area contributed by atoms with Crippen LogP contribution < -0.4 is 10.1 Å². The minimum atomic E-state index is -2.74. The molecule has 4 aromatic carbocycles. The zero-order chi connectivity index (χ0) is 40.6. The number of amides is 2. The van der Waals surface area contributed by atoms with Crippen LogP contribution in [0, 0.1) is 27.7 Å². The normalized spacial score (nSPS) is 16.2. The summed E-state index contributed by atoms with van der Waals surface area (Å²) < 4.78 is 40.1. The Bertz CT molecular complexity index is 1960. The summed E-state index contributed by atoms with van der Waals surface area (Å²) >= 11 is 0. The molecule has 1 saturated heterocycles. The fourth-order valence-electron chi connectivity index (χ4n) is 7.03. The first-order chi connectivity index (χ1) is 26.6. The van der Waals surface area contributed by atoms with Gasteiger partial charge in [0, 0.05) is 17.3 Å². The maximum atomic E-state index is 15.3. The van der Waals surface area contributed by atoms with E-state index in [1.165, 1.54) is 48.5 Å². The van der Waals surface area contributed by atoms with Gasteiger partial charge in [0.15, 0.2) is 8.32 Å². The molecule has 0 radical (unpaired) electrons. The number of hydrogen-bond donors (Lipinski definition) is 2. The monoisotopic (exact) mass is 787 g/mol. The van der Waals surface area contributed by atoms with E-state index in [0.717, 1.165) is 16.9 Å². The number of benzene rings is 4. The number of nitrogens with one attached hydrogen (secondary N) is 1. The Morgan fingerprint density at radius 1 is 1.02 bits per heavy atom. The van der Waals surface area contributed by atoms with Crippen LogP contribution >= 0.6 is 0 Å². The third-order valence-corrected chi connectivity index (χ3v) is 14.6. The minimum absolute atomic E-state index is 0.0527. The second-order valence-electron chi connectivity index (χ2n) is 15.6. The van der Waals surface area contributed by atoms with Crippen molar-refractivity contribution in [2.45, 2.75) is 89.0 Å². The fraction of sp³-hybridized carbons (Fsp3) is 0.395. The van der Waals surface area contributed by atoms with Crippen LogP contribution in [0.15, 0.2) is 97.1 Å². The van der Waals surface area contributed by atoms with Gasteiger partial charge in [-0.2, -0.15) is 0 Å². The summed E-state index contributed by atoms with van der Waals surface area (Å²) in [6, 6.07) is 23.5. The maximum Gasteiger partial charge on any atom is 0.417 e. The van der Waals surface area contributed by atoms with Crippen molar-refractivity contribution < 1.29 is 37.6 Å².